The van der Waals surface area contributed by atoms with E-state index >= 15 is 0 Å². The minimum atomic E-state index is -0.470. The lowest BCUT2D eigenvalue weighted by Crippen LogP contribution is -2.14. The summed E-state index contributed by atoms with van der Waals surface area (Å²) >= 11 is 1.72. The smallest absolute Gasteiger partial charge is 0.135 e. The zero-order valence-electron chi connectivity index (χ0n) is 15.5. The number of hydrogen-bond donors (Lipinski definition) is 1. The fraction of sp³-hybridized carbons (Fsp3) is 0.762. The second-order valence-electron chi connectivity index (χ2n) is 6.95. The molecule has 1 rings (SSSR count). The van der Waals surface area contributed by atoms with Crippen molar-refractivity contribution in [2.45, 2.75) is 103 Å². The van der Waals surface area contributed by atoms with Crippen LogP contribution in [0.3, 0.4) is 0 Å². The van der Waals surface area contributed by atoms with Gasteiger partial charge in [0, 0.05) is 17.7 Å². The molecule has 1 N–H and O–H groups in total. The summed E-state index contributed by atoms with van der Waals surface area (Å²) in [7, 11) is 0. The van der Waals surface area contributed by atoms with Gasteiger partial charge in [-0.25, -0.2) is 0 Å². The van der Waals surface area contributed by atoms with E-state index in [-0.39, 0.29) is 5.78 Å². The summed E-state index contributed by atoms with van der Waals surface area (Å²) in [6.45, 7) is 2.25. The van der Waals surface area contributed by atoms with Gasteiger partial charge in [-0.3, -0.25) is 4.79 Å². The molecular formula is C21H36O2S. The molecule has 0 bridgehead atoms. The minimum Gasteiger partial charge on any atom is -0.393 e. The van der Waals surface area contributed by atoms with Crippen LogP contribution in [-0.4, -0.2) is 17.0 Å². The molecule has 0 spiro atoms. The highest BCUT2D eigenvalue weighted by molar-refractivity contribution is 7.09. The molecule has 2 nitrogen and oxygen atoms in total. The van der Waals surface area contributed by atoms with Gasteiger partial charge < -0.3 is 5.11 Å². The monoisotopic (exact) mass is 352 g/mol. The topological polar surface area (TPSA) is 37.3 Å². The van der Waals surface area contributed by atoms with Gasteiger partial charge in [0.05, 0.1) is 6.10 Å². The first-order valence-corrected chi connectivity index (χ1v) is 10.8. The largest absolute Gasteiger partial charge is 0.393 e. The minimum absolute atomic E-state index is 0.230. The molecule has 1 aromatic rings. The predicted octanol–water partition coefficient (Wildman–Crippen LogP) is 6.31. The van der Waals surface area contributed by atoms with Crippen LogP contribution in [0.5, 0.6) is 0 Å². The number of aryl methyl sites for hydroxylation is 1. The van der Waals surface area contributed by atoms with E-state index in [2.05, 4.69) is 18.4 Å². The number of aliphatic hydroxyl groups is 1. The number of carbonyl (C=O) groups excluding carboxylic acids is 1. The highest BCUT2D eigenvalue weighted by atomic mass is 32.1. The Kier molecular flexibility index (Phi) is 13.1. The Bertz CT molecular complexity index is 400. The SMILES string of the molecule is CCCCCCCCCCCCC(=O)CC(O)CCc1cccs1. The van der Waals surface area contributed by atoms with E-state index in [0.29, 0.717) is 19.3 Å². The number of ketones is 1. The van der Waals surface area contributed by atoms with Crippen molar-refractivity contribution in [1.82, 2.24) is 0 Å². The molecule has 1 atom stereocenters. The molecule has 24 heavy (non-hydrogen) atoms. The molecule has 0 saturated heterocycles. The van der Waals surface area contributed by atoms with Crippen LogP contribution in [0.15, 0.2) is 17.5 Å². The Labute approximate surface area is 152 Å². The van der Waals surface area contributed by atoms with Gasteiger partial charge in [0.25, 0.3) is 0 Å². The van der Waals surface area contributed by atoms with Crippen LogP contribution in [0.1, 0.15) is 95.3 Å². The molecule has 0 amide bonds. The van der Waals surface area contributed by atoms with E-state index in [4.69, 9.17) is 0 Å². The Morgan fingerprint density at radius 2 is 1.67 bits per heavy atom. The fourth-order valence-corrected chi connectivity index (χ4v) is 3.77. The molecule has 138 valence electrons. The van der Waals surface area contributed by atoms with Crippen molar-refractivity contribution in [1.29, 1.82) is 0 Å². The van der Waals surface area contributed by atoms with Gasteiger partial charge >= 0.3 is 0 Å². The standard InChI is InChI=1S/C21H36O2S/c1-2-3-4-5-6-7-8-9-10-11-13-19(22)18-20(23)15-16-21-14-12-17-24-21/h12,14,17,20,23H,2-11,13,15-16,18H2,1H3. The number of rotatable bonds is 16. The van der Waals surface area contributed by atoms with Crippen molar-refractivity contribution in [2.24, 2.45) is 0 Å². The van der Waals surface area contributed by atoms with E-state index in [0.717, 1.165) is 19.3 Å². The van der Waals surface area contributed by atoms with Gasteiger partial charge in [-0.05, 0) is 30.7 Å². The normalized spacial score (nSPS) is 12.4. The Morgan fingerprint density at radius 1 is 1.04 bits per heavy atom. The maximum atomic E-state index is 11.9. The van der Waals surface area contributed by atoms with E-state index < -0.39 is 6.10 Å². The second kappa shape index (κ2) is 14.7. The van der Waals surface area contributed by atoms with Gasteiger partial charge in [-0.15, -0.1) is 11.3 Å². The lowest BCUT2D eigenvalue weighted by molar-refractivity contribution is -0.121. The van der Waals surface area contributed by atoms with Gasteiger partial charge in [0.1, 0.15) is 5.78 Å². The zero-order valence-corrected chi connectivity index (χ0v) is 16.3. The Morgan fingerprint density at radius 3 is 2.25 bits per heavy atom. The lowest BCUT2D eigenvalue weighted by Gasteiger charge is -2.09. The molecule has 1 unspecified atom stereocenters. The molecule has 1 heterocycles. The highest BCUT2D eigenvalue weighted by Gasteiger charge is 2.11. The average Bonchev–Trinajstić information content (AvgIpc) is 3.08. The van der Waals surface area contributed by atoms with Gasteiger partial charge in [-0.1, -0.05) is 70.8 Å². The van der Waals surface area contributed by atoms with Crippen LogP contribution >= 0.6 is 11.3 Å². The third-order valence-electron chi connectivity index (χ3n) is 4.58. The van der Waals surface area contributed by atoms with Crippen LogP contribution in [-0.2, 0) is 11.2 Å². The summed E-state index contributed by atoms with van der Waals surface area (Å²) in [5.41, 5.74) is 0. The molecule has 0 aliphatic rings. The van der Waals surface area contributed by atoms with Crippen LogP contribution in [0.25, 0.3) is 0 Å². The maximum Gasteiger partial charge on any atom is 0.135 e. The first-order valence-electron chi connectivity index (χ1n) is 9.94. The first kappa shape index (κ1) is 21.4. The van der Waals surface area contributed by atoms with Crippen LogP contribution in [0.4, 0.5) is 0 Å². The highest BCUT2D eigenvalue weighted by Crippen LogP contribution is 2.15. The number of unbranched alkanes of at least 4 members (excludes halogenated alkanes) is 9. The fourth-order valence-electron chi connectivity index (χ4n) is 3.04. The van der Waals surface area contributed by atoms with Crippen molar-refractivity contribution in [3.8, 4) is 0 Å². The number of thiophene rings is 1. The Balaban J connectivity index is 1.88. The molecule has 0 radical (unpaired) electrons. The van der Waals surface area contributed by atoms with Crippen LogP contribution in [0, 0.1) is 0 Å². The number of Topliss-reactive ketones (excluding diaryl/α,β-unsaturated/α-hetero) is 1. The van der Waals surface area contributed by atoms with E-state index in [1.54, 1.807) is 11.3 Å². The number of hydrogen-bond acceptors (Lipinski definition) is 3. The van der Waals surface area contributed by atoms with Crippen molar-refractivity contribution < 1.29 is 9.90 Å². The molecular weight excluding hydrogens is 316 g/mol. The van der Waals surface area contributed by atoms with Crippen molar-refractivity contribution in [3.05, 3.63) is 22.4 Å². The summed E-state index contributed by atoms with van der Waals surface area (Å²) in [6.07, 6.45) is 15.0. The van der Waals surface area contributed by atoms with Gasteiger partial charge in [-0.2, -0.15) is 0 Å². The molecule has 3 heteroatoms. The molecule has 0 aliphatic carbocycles. The predicted molar refractivity (Wildman–Crippen MR) is 105 cm³/mol. The zero-order chi connectivity index (χ0) is 17.5. The van der Waals surface area contributed by atoms with Crippen molar-refractivity contribution in [3.63, 3.8) is 0 Å². The summed E-state index contributed by atoms with van der Waals surface area (Å²) in [5, 5.41) is 12.0. The molecule has 1 aromatic heterocycles. The second-order valence-corrected chi connectivity index (χ2v) is 7.98. The number of carbonyl (C=O) groups is 1. The molecule has 0 saturated carbocycles. The summed E-state index contributed by atoms with van der Waals surface area (Å²) in [6, 6.07) is 4.12. The molecule has 0 aromatic carbocycles. The third kappa shape index (κ3) is 11.8. The summed E-state index contributed by atoms with van der Waals surface area (Å²) < 4.78 is 0. The van der Waals surface area contributed by atoms with Crippen LogP contribution < -0.4 is 0 Å². The quantitative estimate of drug-likeness (QED) is 0.354. The van der Waals surface area contributed by atoms with E-state index in [1.807, 2.05) is 6.07 Å². The van der Waals surface area contributed by atoms with E-state index in [1.165, 1.54) is 56.2 Å². The van der Waals surface area contributed by atoms with Crippen molar-refractivity contribution >= 4 is 17.1 Å². The van der Waals surface area contributed by atoms with E-state index in [9.17, 15) is 9.90 Å². The Hall–Kier alpha value is -0.670. The first-order chi connectivity index (χ1) is 11.7. The maximum absolute atomic E-state index is 11.9. The lowest BCUT2D eigenvalue weighted by atomic mass is 10.0. The third-order valence-corrected chi connectivity index (χ3v) is 5.51. The summed E-state index contributed by atoms with van der Waals surface area (Å²) in [5.74, 6) is 0.230. The molecule has 0 fully saturated rings. The van der Waals surface area contributed by atoms with Crippen molar-refractivity contribution in [2.75, 3.05) is 0 Å². The average molecular weight is 353 g/mol. The summed E-state index contributed by atoms with van der Waals surface area (Å²) in [4.78, 5) is 13.2. The van der Waals surface area contributed by atoms with Crippen LogP contribution in [0.2, 0.25) is 0 Å². The number of aliphatic hydroxyl groups excluding tert-OH is 1. The van der Waals surface area contributed by atoms with Gasteiger partial charge in [0.15, 0.2) is 0 Å². The molecule has 0 aliphatic heterocycles. The van der Waals surface area contributed by atoms with Gasteiger partial charge in [0.2, 0.25) is 0 Å².